The number of rotatable bonds is 4. The van der Waals surface area contributed by atoms with Crippen molar-refractivity contribution in [2.45, 2.75) is 6.04 Å². The Hall–Kier alpha value is -4.04. The van der Waals surface area contributed by atoms with E-state index in [9.17, 15) is 14.0 Å². The molecule has 8 heteroatoms. The Kier molecular flexibility index (Phi) is 5.73. The molecule has 0 bridgehead atoms. The molecule has 0 N–H and O–H groups in total. The second kappa shape index (κ2) is 9.20. The highest BCUT2D eigenvalue weighted by atomic mass is 19.1. The molecule has 4 heterocycles. The van der Waals surface area contributed by atoms with Gasteiger partial charge < -0.3 is 14.4 Å². The Morgan fingerprint density at radius 3 is 2.28 bits per heavy atom. The van der Waals surface area contributed by atoms with Crippen LogP contribution in [0.15, 0.2) is 79.1 Å². The minimum Gasteiger partial charge on any atom is -0.336 e. The number of halogens is 1. The molecule has 7 nitrogen and oxygen atoms in total. The molecule has 2 aromatic carbocycles. The first kappa shape index (κ1) is 22.4. The molecule has 182 valence electrons. The van der Waals surface area contributed by atoms with E-state index in [0.717, 1.165) is 29.6 Å². The van der Waals surface area contributed by atoms with Crippen LogP contribution in [0.2, 0.25) is 0 Å². The number of benzene rings is 2. The molecule has 0 spiro atoms. The molecule has 2 saturated heterocycles. The summed E-state index contributed by atoms with van der Waals surface area (Å²) in [7, 11) is 0. The summed E-state index contributed by atoms with van der Waals surface area (Å²) >= 11 is 0. The number of piperazine rings is 1. The highest BCUT2D eigenvalue weighted by Gasteiger charge is 2.37. The van der Waals surface area contributed by atoms with Gasteiger partial charge in [-0.1, -0.05) is 18.2 Å². The van der Waals surface area contributed by atoms with E-state index in [4.69, 9.17) is 0 Å². The lowest BCUT2D eigenvalue weighted by Crippen LogP contribution is -2.64. The van der Waals surface area contributed by atoms with E-state index < -0.39 is 0 Å². The molecule has 0 aliphatic carbocycles. The second-order valence-corrected chi connectivity index (χ2v) is 9.35. The van der Waals surface area contributed by atoms with E-state index in [1.54, 1.807) is 6.07 Å². The Balaban J connectivity index is 1.05. The van der Waals surface area contributed by atoms with Gasteiger partial charge in [-0.25, -0.2) is 9.37 Å². The maximum atomic E-state index is 13.2. The standard InChI is InChI=1S/C28H26FN5O2/c29-23-7-9-26(30-17-23)34-11-10-21-16-22(6-8-25(21)34)28(36)33-18-24(19-33)31-12-14-32(15-13-31)27(35)20-4-2-1-3-5-20/h1-11,16-17,24H,12-15,18-19H2. The summed E-state index contributed by atoms with van der Waals surface area (Å²) in [5.41, 5.74) is 2.30. The van der Waals surface area contributed by atoms with Gasteiger partial charge in [0, 0.05) is 68.0 Å². The van der Waals surface area contributed by atoms with Crippen molar-refractivity contribution >= 4 is 22.7 Å². The minimum absolute atomic E-state index is 0.0266. The Bertz CT molecular complexity index is 1410. The fraction of sp³-hybridized carbons (Fsp3) is 0.250. The van der Waals surface area contributed by atoms with E-state index in [1.165, 1.54) is 12.3 Å². The first-order valence-electron chi connectivity index (χ1n) is 12.2. The Morgan fingerprint density at radius 2 is 1.56 bits per heavy atom. The first-order chi connectivity index (χ1) is 17.6. The summed E-state index contributed by atoms with van der Waals surface area (Å²) in [4.78, 5) is 36.1. The van der Waals surface area contributed by atoms with Crippen molar-refractivity contribution in [1.82, 2.24) is 24.3 Å². The minimum atomic E-state index is -0.376. The van der Waals surface area contributed by atoms with E-state index in [1.807, 2.05) is 75.2 Å². The molecule has 0 radical (unpaired) electrons. The fourth-order valence-corrected chi connectivity index (χ4v) is 5.07. The molecule has 2 aliphatic heterocycles. The number of likely N-dealkylation sites (tertiary alicyclic amines) is 1. The van der Waals surface area contributed by atoms with Crippen molar-refractivity contribution in [3.05, 3.63) is 96.1 Å². The molecule has 0 unspecified atom stereocenters. The number of aromatic nitrogens is 2. The average molecular weight is 484 g/mol. The summed E-state index contributed by atoms with van der Waals surface area (Å²) < 4.78 is 15.1. The molecule has 2 aromatic heterocycles. The highest BCUT2D eigenvalue weighted by molar-refractivity contribution is 5.99. The number of carbonyl (C=O) groups excluding carboxylic acids is 2. The van der Waals surface area contributed by atoms with Crippen LogP contribution >= 0.6 is 0 Å². The molecule has 0 atom stereocenters. The van der Waals surface area contributed by atoms with Crippen molar-refractivity contribution in [2.24, 2.45) is 0 Å². The molecular weight excluding hydrogens is 457 g/mol. The number of hydrogen-bond donors (Lipinski definition) is 0. The van der Waals surface area contributed by atoms with E-state index in [-0.39, 0.29) is 17.6 Å². The molecule has 6 rings (SSSR count). The lowest BCUT2D eigenvalue weighted by Gasteiger charge is -2.48. The first-order valence-corrected chi connectivity index (χ1v) is 12.2. The third-order valence-electron chi connectivity index (χ3n) is 7.18. The summed E-state index contributed by atoms with van der Waals surface area (Å²) in [6, 6.07) is 20.3. The summed E-state index contributed by atoms with van der Waals surface area (Å²) in [5.74, 6) is 0.360. The molecule has 2 aliphatic rings. The van der Waals surface area contributed by atoms with Crippen LogP contribution in [0, 0.1) is 5.82 Å². The van der Waals surface area contributed by atoms with E-state index in [2.05, 4.69) is 9.88 Å². The van der Waals surface area contributed by atoms with Crippen molar-refractivity contribution in [2.75, 3.05) is 39.3 Å². The normalized spacial score (nSPS) is 16.8. The van der Waals surface area contributed by atoms with Crippen LogP contribution in [-0.2, 0) is 0 Å². The second-order valence-electron chi connectivity index (χ2n) is 9.35. The van der Waals surface area contributed by atoms with Crippen LogP contribution in [0.4, 0.5) is 4.39 Å². The van der Waals surface area contributed by atoms with Crippen LogP contribution in [0.1, 0.15) is 20.7 Å². The van der Waals surface area contributed by atoms with Crippen LogP contribution in [0.5, 0.6) is 0 Å². The van der Waals surface area contributed by atoms with Gasteiger partial charge in [0.05, 0.1) is 11.7 Å². The van der Waals surface area contributed by atoms with Crippen molar-refractivity contribution < 1.29 is 14.0 Å². The van der Waals surface area contributed by atoms with Gasteiger partial charge in [-0.3, -0.25) is 14.5 Å². The zero-order chi connectivity index (χ0) is 24.6. The number of hydrogen-bond acceptors (Lipinski definition) is 4. The van der Waals surface area contributed by atoms with Gasteiger partial charge in [-0.15, -0.1) is 0 Å². The summed E-state index contributed by atoms with van der Waals surface area (Å²) in [5, 5.41) is 0.934. The van der Waals surface area contributed by atoms with Crippen molar-refractivity contribution in [3.63, 3.8) is 0 Å². The summed E-state index contributed by atoms with van der Waals surface area (Å²) in [6.45, 7) is 4.45. The van der Waals surface area contributed by atoms with Crippen molar-refractivity contribution in [1.29, 1.82) is 0 Å². The predicted octanol–water partition coefficient (Wildman–Crippen LogP) is 3.45. The van der Waals surface area contributed by atoms with Crippen LogP contribution in [0.25, 0.3) is 16.7 Å². The number of carbonyl (C=O) groups is 2. The topological polar surface area (TPSA) is 61.7 Å². The van der Waals surface area contributed by atoms with Gasteiger partial charge in [0.1, 0.15) is 11.6 Å². The van der Waals surface area contributed by atoms with Gasteiger partial charge >= 0.3 is 0 Å². The summed E-state index contributed by atoms with van der Waals surface area (Å²) in [6.07, 6.45) is 3.07. The number of amides is 2. The lowest BCUT2D eigenvalue weighted by atomic mass is 10.0. The van der Waals surface area contributed by atoms with Crippen LogP contribution < -0.4 is 0 Å². The molecule has 0 saturated carbocycles. The molecule has 2 fully saturated rings. The average Bonchev–Trinajstić information content (AvgIpc) is 3.32. The quantitative estimate of drug-likeness (QED) is 0.446. The Labute approximate surface area is 208 Å². The number of pyridine rings is 1. The lowest BCUT2D eigenvalue weighted by molar-refractivity contribution is 0.00854. The van der Waals surface area contributed by atoms with Crippen molar-refractivity contribution in [3.8, 4) is 5.82 Å². The zero-order valence-electron chi connectivity index (χ0n) is 19.8. The zero-order valence-corrected chi connectivity index (χ0v) is 19.8. The molecule has 36 heavy (non-hydrogen) atoms. The molecule has 2 amide bonds. The predicted molar refractivity (Wildman–Crippen MR) is 135 cm³/mol. The molecule has 4 aromatic rings. The number of fused-ring (bicyclic) bond motifs is 1. The SMILES string of the molecule is O=C(c1ccccc1)N1CCN(C2CN(C(=O)c3ccc4c(ccn4-c4ccc(F)cn4)c3)C2)CC1. The molecular formula is C28H26FN5O2. The van der Waals surface area contributed by atoms with Gasteiger partial charge in [0.15, 0.2) is 0 Å². The Morgan fingerprint density at radius 1 is 0.806 bits per heavy atom. The van der Waals surface area contributed by atoms with Crippen LogP contribution in [0.3, 0.4) is 0 Å². The smallest absolute Gasteiger partial charge is 0.253 e. The largest absolute Gasteiger partial charge is 0.336 e. The highest BCUT2D eigenvalue weighted by Crippen LogP contribution is 2.24. The maximum Gasteiger partial charge on any atom is 0.253 e. The third kappa shape index (κ3) is 4.13. The van der Waals surface area contributed by atoms with Gasteiger partial charge in [0.25, 0.3) is 11.8 Å². The number of nitrogens with zero attached hydrogens (tertiary/aromatic N) is 5. The van der Waals surface area contributed by atoms with E-state index in [0.29, 0.717) is 43.6 Å². The van der Waals surface area contributed by atoms with Gasteiger partial charge in [0.2, 0.25) is 0 Å². The maximum absolute atomic E-state index is 13.2. The van der Waals surface area contributed by atoms with Gasteiger partial charge in [-0.05, 0) is 48.5 Å². The van der Waals surface area contributed by atoms with E-state index >= 15 is 0 Å². The van der Waals surface area contributed by atoms with Crippen LogP contribution in [-0.4, -0.2) is 81.4 Å². The third-order valence-corrected chi connectivity index (χ3v) is 7.18. The van der Waals surface area contributed by atoms with Gasteiger partial charge in [-0.2, -0.15) is 0 Å². The fourth-order valence-electron chi connectivity index (χ4n) is 5.07. The monoisotopic (exact) mass is 483 g/mol.